The molecule has 46 heavy (non-hydrogen) atoms. The molecule has 0 spiro atoms. The van der Waals surface area contributed by atoms with Crippen molar-refractivity contribution in [1.82, 2.24) is 0 Å². The summed E-state index contributed by atoms with van der Waals surface area (Å²) in [6.07, 6.45) is -1.55. The zero-order valence-corrected chi connectivity index (χ0v) is 26.5. The number of esters is 3. The summed E-state index contributed by atoms with van der Waals surface area (Å²) in [4.78, 5) is 52.1. The summed E-state index contributed by atoms with van der Waals surface area (Å²) in [5.74, 6) is -4.16. The van der Waals surface area contributed by atoms with E-state index < -0.39 is 69.3 Å². The molecule has 5 rings (SSSR count). The molecular weight excluding hydrogens is 609 g/mol. The first-order chi connectivity index (χ1) is 21.6. The number of ether oxygens (including phenoxy) is 4. The first kappa shape index (κ1) is 33.7. The van der Waals surface area contributed by atoms with E-state index in [1.165, 1.54) is 32.0 Å². The Morgan fingerprint density at radius 1 is 0.957 bits per heavy atom. The third-order valence-corrected chi connectivity index (χ3v) is 10.9. The fourth-order valence-electron chi connectivity index (χ4n) is 9.00. The van der Waals surface area contributed by atoms with E-state index in [0.717, 1.165) is 30.4 Å². The average Bonchev–Trinajstić information content (AvgIpc) is 3.48. The molecule has 0 N–H and O–H groups in total. The van der Waals surface area contributed by atoms with Gasteiger partial charge in [0, 0.05) is 49.3 Å². The fraction of sp³-hybridized carbons (Fsp3) is 0.588. The van der Waals surface area contributed by atoms with Crippen LogP contribution < -0.4 is 0 Å². The number of Topliss-reactive ketones (excluding diaryl/α,β-unsaturated/α-hetero) is 1. The van der Waals surface area contributed by atoms with Crippen molar-refractivity contribution >= 4 is 23.7 Å². The van der Waals surface area contributed by atoms with E-state index in [1.807, 2.05) is 6.92 Å². The normalized spacial score (nSPS) is 31.8. The third kappa shape index (κ3) is 5.12. The largest absolute Gasteiger partial charge is 0.472 e. The number of furan rings is 1. The van der Waals surface area contributed by atoms with Gasteiger partial charge in [0.15, 0.2) is 11.9 Å². The van der Waals surface area contributed by atoms with Gasteiger partial charge in [-0.15, -0.1) is 0 Å². The van der Waals surface area contributed by atoms with Crippen LogP contribution in [0.2, 0.25) is 0 Å². The maximum atomic E-state index is 14.8. The highest BCUT2D eigenvalue weighted by Crippen LogP contribution is 2.67. The van der Waals surface area contributed by atoms with Crippen LogP contribution in [-0.2, 0) is 55.6 Å². The molecule has 7 atom stereocenters. The molecule has 3 aliphatic carbocycles. The molecule has 0 bridgehead atoms. The summed E-state index contributed by atoms with van der Waals surface area (Å²) in [6.45, 7) is 5.79. The Kier molecular flexibility index (Phi) is 8.68. The molecule has 1 aromatic heterocycles. The minimum Gasteiger partial charge on any atom is -0.472 e. The Balaban J connectivity index is 1.58. The Morgan fingerprint density at radius 3 is 2.22 bits per heavy atom. The van der Waals surface area contributed by atoms with Crippen molar-refractivity contribution in [1.29, 1.82) is 0 Å². The Bertz CT molecular complexity index is 1500. The van der Waals surface area contributed by atoms with Gasteiger partial charge in [-0.25, -0.2) is 4.79 Å². The number of hydrogen-bond acceptors (Lipinski definition) is 9. The molecule has 1 aromatic carbocycles. The smallest absolute Gasteiger partial charge is 0.432 e. The number of rotatable bonds is 8. The summed E-state index contributed by atoms with van der Waals surface area (Å²) >= 11 is 0. The van der Waals surface area contributed by atoms with Gasteiger partial charge in [-0.05, 0) is 48.5 Å². The average molecular weight is 649 g/mol. The van der Waals surface area contributed by atoms with Crippen LogP contribution in [0.4, 0.5) is 13.2 Å². The molecule has 3 aliphatic rings. The molecule has 2 aromatic rings. The lowest BCUT2D eigenvalue weighted by atomic mass is 9.39. The minimum absolute atomic E-state index is 0.0636. The highest BCUT2D eigenvalue weighted by Gasteiger charge is 2.70. The van der Waals surface area contributed by atoms with Crippen LogP contribution in [0.5, 0.6) is 0 Å². The van der Waals surface area contributed by atoms with Crippen molar-refractivity contribution in [2.45, 2.75) is 83.1 Å². The second kappa shape index (κ2) is 11.8. The van der Waals surface area contributed by atoms with Crippen molar-refractivity contribution in [3.05, 3.63) is 59.5 Å². The van der Waals surface area contributed by atoms with Gasteiger partial charge in [-0.3, -0.25) is 14.4 Å². The molecule has 0 amide bonds. The van der Waals surface area contributed by atoms with Gasteiger partial charge < -0.3 is 23.4 Å². The fourth-order valence-corrected chi connectivity index (χ4v) is 9.00. The molecule has 0 saturated heterocycles. The van der Waals surface area contributed by atoms with Crippen LogP contribution in [0.15, 0.2) is 47.3 Å². The van der Waals surface area contributed by atoms with E-state index >= 15 is 0 Å². The molecule has 0 aliphatic heterocycles. The van der Waals surface area contributed by atoms with Gasteiger partial charge in [-0.2, -0.15) is 13.2 Å². The maximum absolute atomic E-state index is 14.8. The molecule has 0 radical (unpaired) electrons. The van der Waals surface area contributed by atoms with Crippen LogP contribution in [0.3, 0.4) is 0 Å². The van der Waals surface area contributed by atoms with Crippen LogP contribution in [0, 0.1) is 22.7 Å². The zero-order chi connectivity index (χ0) is 33.7. The SMILES string of the molecule is CO[C@@](C(=O)O[C@H]1C(=O)C[C@@]2(C)[C@@H](CC[C@@]3(COC(C)=O)c4cocc4CC[C@@H]32)[C@@]1(C)COC(C)=O)(c1ccccc1)C(F)(F)F. The lowest BCUT2D eigenvalue weighted by Gasteiger charge is -2.64. The molecule has 9 nitrogen and oxygen atoms in total. The number of ketones is 1. The third-order valence-electron chi connectivity index (χ3n) is 10.9. The number of carbonyl (C=O) groups excluding carboxylic acids is 4. The molecule has 12 heteroatoms. The van der Waals surface area contributed by atoms with Gasteiger partial charge in [0.25, 0.3) is 5.60 Å². The van der Waals surface area contributed by atoms with Crippen LogP contribution in [0.1, 0.15) is 70.1 Å². The Labute approximate surface area is 265 Å². The Hall–Kier alpha value is -3.67. The zero-order valence-electron chi connectivity index (χ0n) is 26.5. The number of fused-ring (bicyclic) bond motifs is 5. The number of methoxy groups -OCH3 is 1. The predicted molar refractivity (Wildman–Crippen MR) is 155 cm³/mol. The monoisotopic (exact) mass is 648 g/mol. The second-order valence-corrected chi connectivity index (χ2v) is 13.4. The van der Waals surface area contributed by atoms with Gasteiger partial charge in [0.1, 0.15) is 13.2 Å². The quantitative estimate of drug-likeness (QED) is 0.266. The highest BCUT2D eigenvalue weighted by molar-refractivity contribution is 5.91. The van der Waals surface area contributed by atoms with Crippen molar-refractivity contribution in [3.63, 3.8) is 0 Å². The van der Waals surface area contributed by atoms with Crippen molar-refractivity contribution in [2.24, 2.45) is 22.7 Å². The lowest BCUT2D eigenvalue weighted by molar-refractivity contribution is -0.282. The molecular formula is C34H39F3O9. The lowest BCUT2D eigenvalue weighted by Crippen LogP contribution is -2.67. The van der Waals surface area contributed by atoms with E-state index in [2.05, 4.69) is 0 Å². The van der Waals surface area contributed by atoms with Crippen molar-refractivity contribution in [2.75, 3.05) is 20.3 Å². The first-order valence-electron chi connectivity index (χ1n) is 15.3. The Morgan fingerprint density at radius 2 is 1.61 bits per heavy atom. The van der Waals surface area contributed by atoms with Crippen LogP contribution >= 0.6 is 0 Å². The van der Waals surface area contributed by atoms with E-state index in [-0.39, 0.29) is 25.6 Å². The number of halogens is 3. The molecule has 0 unspecified atom stereocenters. The van der Waals surface area contributed by atoms with E-state index in [1.54, 1.807) is 19.5 Å². The molecule has 2 fully saturated rings. The van der Waals surface area contributed by atoms with Gasteiger partial charge >= 0.3 is 24.1 Å². The van der Waals surface area contributed by atoms with E-state index in [0.29, 0.717) is 25.7 Å². The minimum atomic E-state index is -5.25. The van der Waals surface area contributed by atoms with E-state index in [9.17, 15) is 32.3 Å². The topological polar surface area (TPSA) is 118 Å². The first-order valence-corrected chi connectivity index (χ1v) is 15.3. The standard InChI is InChI=1S/C34H39F3O9/c1-20(38)44-18-31(4)26-13-14-32(19-45-21(2)39)24-17-43-16-22(24)11-12-27(32)30(26,3)15-25(40)28(31)46-29(41)33(42-5,34(35,36)37)23-9-7-6-8-10-23/h6-10,16-17,26-28H,11-15,18-19H2,1-5H3/t26-,27-,28+,30+,31-,32-,33-/m1/s1. The second-order valence-electron chi connectivity index (χ2n) is 13.4. The molecule has 250 valence electrons. The summed E-state index contributed by atoms with van der Waals surface area (Å²) in [7, 11) is 0.761. The van der Waals surface area contributed by atoms with Gasteiger partial charge in [-0.1, -0.05) is 44.2 Å². The number of aryl methyl sites for hydroxylation is 1. The summed E-state index contributed by atoms with van der Waals surface area (Å²) in [5.41, 5.74) is -5.00. The number of hydrogen-bond donors (Lipinski definition) is 0. The van der Waals surface area contributed by atoms with Crippen LogP contribution in [0.25, 0.3) is 0 Å². The van der Waals surface area contributed by atoms with Gasteiger partial charge in [0.05, 0.1) is 12.5 Å². The number of carbonyl (C=O) groups is 4. The van der Waals surface area contributed by atoms with E-state index in [4.69, 9.17) is 23.4 Å². The maximum Gasteiger partial charge on any atom is 0.432 e. The van der Waals surface area contributed by atoms with Crippen molar-refractivity contribution in [3.8, 4) is 0 Å². The predicted octanol–water partition coefficient (Wildman–Crippen LogP) is 5.62. The molecule has 2 saturated carbocycles. The van der Waals surface area contributed by atoms with Crippen molar-refractivity contribution < 1.29 is 55.7 Å². The summed E-state index contributed by atoms with van der Waals surface area (Å²) < 4.78 is 71.6. The number of benzene rings is 1. The highest BCUT2D eigenvalue weighted by atomic mass is 19.4. The number of alkyl halides is 3. The van der Waals surface area contributed by atoms with Gasteiger partial charge in [0.2, 0.25) is 0 Å². The summed E-state index contributed by atoms with van der Waals surface area (Å²) in [6, 6.07) is 6.38. The molecule has 1 heterocycles. The summed E-state index contributed by atoms with van der Waals surface area (Å²) in [5, 5.41) is 0. The van der Waals surface area contributed by atoms with Crippen LogP contribution in [-0.4, -0.2) is 56.3 Å².